The number of aliphatic hydroxyl groups is 1. The van der Waals surface area contributed by atoms with Crippen LogP contribution < -0.4 is 16.8 Å². The fourth-order valence-electron chi connectivity index (χ4n) is 4.32. The van der Waals surface area contributed by atoms with Crippen molar-refractivity contribution in [3.8, 4) is 0 Å². The molecule has 3 aromatic rings. The minimum Gasteiger partial charge on any atom is -0.399 e. The molecule has 0 fully saturated rings. The summed E-state index contributed by atoms with van der Waals surface area (Å²) in [4.78, 5) is 24.2. The minimum absolute atomic E-state index is 0.00330. The van der Waals surface area contributed by atoms with Gasteiger partial charge in [0.1, 0.15) is 0 Å². The van der Waals surface area contributed by atoms with E-state index < -0.39 is 34.5 Å². The molecule has 9 nitrogen and oxygen atoms in total. The van der Waals surface area contributed by atoms with Crippen LogP contribution in [-0.4, -0.2) is 55.4 Å². The number of amides is 2. The summed E-state index contributed by atoms with van der Waals surface area (Å²) in [6.45, 7) is 1.24. The van der Waals surface area contributed by atoms with E-state index in [4.69, 9.17) is 11.5 Å². The standard InChI is InChI=1S/C28H36N4O5S/c1-20(28(30)35)18-32(38(36,37)25-14-12-23(29)13-15-25)24(19-33)9-5-17-31-27(34)16-11-22-8-4-7-21-6-2-3-10-26(21)22/h2-4,6-8,10,12-15,20,24,33H,5,9,11,16-19,29H2,1H3,(H2,30,35)(H,31,34). The van der Waals surface area contributed by atoms with Crippen molar-refractivity contribution in [1.82, 2.24) is 9.62 Å². The number of anilines is 1. The Morgan fingerprint density at radius 2 is 1.71 bits per heavy atom. The number of hydrogen-bond acceptors (Lipinski definition) is 6. The lowest BCUT2D eigenvalue weighted by molar-refractivity contribution is -0.122. The Morgan fingerprint density at radius 1 is 1.03 bits per heavy atom. The van der Waals surface area contributed by atoms with Crippen LogP contribution in [0, 0.1) is 5.92 Å². The van der Waals surface area contributed by atoms with Crippen LogP contribution in [-0.2, 0) is 26.0 Å². The molecule has 0 aliphatic heterocycles. The summed E-state index contributed by atoms with van der Waals surface area (Å²) in [5.74, 6) is -1.51. The normalized spacial score (nSPS) is 13.3. The lowest BCUT2D eigenvalue weighted by Gasteiger charge is -2.31. The highest BCUT2D eigenvalue weighted by Gasteiger charge is 2.33. The summed E-state index contributed by atoms with van der Waals surface area (Å²) >= 11 is 0. The van der Waals surface area contributed by atoms with Gasteiger partial charge >= 0.3 is 0 Å². The summed E-state index contributed by atoms with van der Waals surface area (Å²) < 4.78 is 27.9. The zero-order chi connectivity index (χ0) is 27.7. The van der Waals surface area contributed by atoms with Crippen LogP contribution in [0.1, 0.15) is 31.7 Å². The highest BCUT2D eigenvalue weighted by Crippen LogP contribution is 2.23. The number of hydrogen-bond donors (Lipinski definition) is 4. The maximum atomic E-state index is 13.4. The van der Waals surface area contributed by atoms with Crippen molar-refractivity contribution in [2.75, 3.05) is 25.4 Å². The molecule has 0 aromatic heterocycles. The molecule has 0 saturated heterocycles. The van der Waals surface area contributed by atoms with E-state index in [-0.39, 0.29) is 23.8 Å². The number of nitrogen functional groups attached to an aromatic ring is 1. The Bertz CT molecular complexity index is 1340. The molecule has 0 spiro atoms. The second-order valence-electron chi connectivity index (χ2n) is 9.41. The topological polar surface area (TPSA) is 156 Å². The van der Waals surface area contributed by atoms with Gasteiger partial charge < -0.3 is 21.9 Å². The first-order valence-electron chi connectivity index (χ1n) is 12.6. The molecular weight excluding hydrogens is 504 g/mol. The van der Waals surface area contributed by atoms with Gasteiger partial charge in [0.25, 0.3) is 0 Å². The molecule has 0 heterocycles. The van der Waals surface area contributed by atoms with Crippen LogP contribution >= 0.6 is 0 Å². The number of rotatable bonds is 14. The van der Waals surface area contributed by atoms with Crippen LogP contribution in [0.5, 0.6) is 0 Å². The number of sulfonamides is 1. The van der Waals surface area contributed by atoms with Crippen molar-refractivity contribution in [3.05, 3.63) is 72.3 Å². The number of primary amides is 1. The first kappa shape index (κ1) is 29.1. The zero-order valence-electron chi connectivity index (χ0n) is 21.5. The highest BCUT2D eigenvalue weighted by atomic mass is 32.2. The van der Waals surface area contributed by atoms with Crippen molar-refractivity contribution < 1.29 is 23.1 Å². The monoisotopic (exact) mass is 540 g/mol. The largest absolute Gasteiger partial charge is 0.399 e. The summed E-state index contributed by atoms with van der Waals surface area (Å²) in [5, 5.41) is 15.2. The average molecular weight is 541 g/mol. The van der Waals surface area contributed by atoms with Crippen molar-refractivity contribution in [3.63, 3.8) is 0 Å². The van der Waals surface area contributed by atoms with Gasteiger partial charge in [-0.05, 0) is 59.9 Å². The summed E-state index contributed by atoms with van der Waals surface area (Å²) in [6, 6.07) is 19.0. The quantitative estimate of drug-likeness (QED) is 0.182. The van der Waals surface area contributed by atoms with Gasteiger partial charge in [0, 0.05) is 37.2 Å². The molecule has 0 saturated carbocycles. The third-order valence-electron chi connectivity index (χ3n) is 6.58. The van der Waals surface area contributed by atoms with Gasteiger partial charge in [-0.3, -0.25) is 9.59 Å². The number of fused-ring (bicyclic) bond motifs is 1. The van der Waals surface area contributed by atoms with Gasteiger partial charge in [0.15, 0.2) is 0 Å². The van der Waals surface area contributed by atoms with E-state index in [9.17, 15) is 23.1 Å². The molecule has 10 heteroatoms. The van der Waals surface area contributed by atoms with E-state index in [0.717, 1.165) is 20.6 Å². The van der Waals surface area contributed by atoms with Crippen molar-refractivity contribution in [2.45, 2.75) is 43.5 Å². The molecule has 0 aliphatic carbocycles. The first-order valence-corrected chi connectivity index (χ1v) is 14.1. The molecule has 2 amide bonds. The number of carbonyl (C=O) groups is 2. The number of carbonyl (C=O) groups excluding carboxylic acids is 2. The van der Waals surface area contributed by atoms with Gasteiger partial charge in [0.2, 0.25) is 21.8 Å². The minimum atomic E-state index is -4.05. The molecule has 3 aromatic carbocycles. The zero-order valence-corrected chi connectivity index (χ0v) is 22.4. The van der Waals surface area contributed by atoms with Crippen LogP contribution in [0.4, 0.5) is 5.69 Å². The summed E-state index contributed by atoms with van der Waals surface area (Å²) in [7, 11) is -4.05. The lowest BCUT2D eigenvalue weighted by Crippen LogP contribution is -2.46. The predicted molar refractivity (Wildman–Crippen MR) is 148 cm³/mol. The summed E-state index contributed by atoms with van der Waals surface area (Å²) in [5.41, 5.74) is 12.6. The van der Waals surface area contributed by atoms with E-state index >= 15 is 0 Å². The van der Waals surface area contributed by atoms with E-state index in [2.05, 4.69) is 5.32 Å². The van der Waals surface area contributed by atoms with E-state index in [1.165, 1.54) is 24.3 Å². The maximum Gasteiger partial charge on any atom is 0.243 e. The number of nitrogens with two attached hydrogens (primary N) is 2. The van der Waals surface area contributed by atoms with Crippen LogP contribution in [0.15, 0.2) is 71.6 Å². The molecular formula is C28H36N4O5S. The lowest BCUT2D eigenvalue weighted by atomic mass is 10.0. The Morgan fingerprint density at radius 3 is 2.39 bits per heavy atom. The second kappa shape index (κ2) is 13.4. The van der Waals surface area contributed by atoms with E-state index in [1.54, 1.807) is 6.92 Å². The molecule has 3 rings (SSSR count). The van der Waals surface area contributed by atoms with Crippen molar-refractivity contribution in [2.24, 2.45) is 11.7 Å². The fraction of sp³-hybridized carbons (Fsp3) is 0.357. The molecule has 0 bridgehead atoms. The summed E-state index contributed by atoms with van der Waals surface area (Å²) in [6.07, 6.45) is 1.64. The van der Waals surface area contributed by atoms with Crippen LogP contribution in [0.3, 0.4) is 0 Å². The van der Waals surface area contributed by atoms with E-state index in [0.29, 0.717) is 31.5 Å². The number of nitrogens with one attached hydrogen (secondary N) is 1. The Kier molecular flexibility index (Phi) is 10.2. The van der Waals surface area contributed by atoms with Crippen molar-refractivity contribution >= 4 is 38.3 Å². The number of nitrogens with zero attached hydrogens (tertiary/aromatic N) is 1. The third-order valence-corrected chi connectivity index (χ3v) is 8.51. The van der Waals surface area contributed by atoms with E-state index in [1.807, 2.05) is 42.5 Å². The van der Waals surface area contributed by atoms with Gasteiger partial charge in [-0.1, -0.05) is 49.4 Å². The molecule has 2 unspecified atom stereocenters. The number of aryl methyl sites for hydroxylation is 1. The number of aliphatic hydroxyl groups excluding tert-OH is 1. The molecule has 2 atom stereocenters. The van der Waals surface area contributed by atoms with Gasteiger partial charge in [0.05, 0.1) is 11.5 Å². The van der Waals surface area contributed by atoms with Crippen LogP contribution in [0.25, 0.3) is 10.8 Å². The Labute approximate surface area is 223 Å². The SMILES string of the molecule is CC(CN(C(CO)CCCNC(=O)CCc1cccc2ccccc12)S(=O)(=O)c1ccc(N)cc1)C(N)=O. The smallest absolute Gasteiger partial charge is 0.243 e. The average Bonchev–Trinajstić information content (AvgIpc) is 2.91. The van der Waals surface area contributed by atoms with Crippen molar-refractivity contribution in [1.29, 1.82) is 0 Å². The van der Waals surface area contributed by atoms with Gasteiger partial charge in [-0.25, -0.2) is 8.42 Å². The molecule has 6 N–H and O–H groups in total. The molecule has 204 valence electrons. The van der Waals surface area contributed by atoms with Gasteiger partial charge in [-0.2, -0.15) is 4.31 Å². The second-order valence-corrected chi connectivity index (χ2v) is 11.3. The molecule has 0 aliphatic rings. The Balaban J connectivity index is 1.59. The van der Waals surface area contributed by atoms with Gasteiger partial charge in [-0.15, -0.1) is 0 Å². The maximum absolute atomic E-state index is 13.4. The molecule has 38 heavy (non-hydrogen) atoms. The number of benzene rings is 3. The highest BCUT2D eigenvalue weighted by molar-refractivity contribution is 7.89. The third kappa shape index (κ3) is 7.53. The fourth-order valence-corrected chi connectivity index (χ4v) is 6.05. The predicted octanol–water partition coefficient (Wildman–Crippen LogP) is 2.42. The van der Waals surface area contributed by atoms with Crippen LogP contribution in [0.2, 0.25) is 0 Å². The molecule has 0 radical (unpaired) electrons. The Hall–Kier alpha value is -3.47. The first-order chi connectivity index (χ1) is 18.1.